The highest BCUT2D eigenvalue weighted by Gasteiger charge is 2.28. The van der Waals surface area contributed by atoms with E-state index in [1.54, 1.807) is 7.11 Å². The molecule has 0 bridgehead atoms. The van der Waals surface area contributed by atoms with Crippen molar-refractivity contribution in [3.05, 3.63) is 24.3 Å². The second kappa shape index (κ2) is 6.64. The normalized spacial score (nSPS) is 23.0. The van der Waals surface area contributed by atoms with Gasteiger partial charge in [0.15, 0.2) is 0 Å². The van der Waals surface area contributed by atoms with Crippen molar-refractivity contribution in [3.63, 3.8) is 0 Å². The first kappa shape index (κ1) is 13.2. The van der Waals surface area contributed by atoms with E-state index < -0.39 is 0 Å². The van der Waals surface area contributed by atoms with Crippen LogP contribution in [-0.4, -0.2) is 25.8 Å². The van der Waals surface area contributed by atoms with Crippen LogP contribution in [-0.2, 0) is 0 Å². The summed E-state index contributed by atoms with van der Waals surface area (Å²) in [6, 6.07) is 8.36. The zero-order valence-corrected chi connectivity index (χ0v) is 11.3. The highest BCUT2D eigenvalue weighted by atomic mass is 16.5. The molecule has 0 aromatic heterocycles. The first-order valence-electron chi connectivity index (χ1n) is 6.87. The van der Waals surface area contributed by atoms with Gasteiger partial charge in [-0.25, -0.2) is 0 Å². The van der Waals surface area contributed by atoms with Crippen LogP contribution in [0.2, 0.25) is 0 Å². The standard InChI is InChI=1S/C15H23NO2/c1-3-10-16-14-8-5-9-15(14)18-13-7-4-6-12(11-13)17-2/h4,6-7,11,14-16H,3,5,8-10H2,1-2H3. The molecule has 18 heavy (non-hydrogen) atoms. The summed E-state index contributed by atoms with van der Waals surface area (Å²) in [7, 11) is 1.68. The lowest BCUT2D eigenvalue weighted by atomic mass is 10.2. The van der Waals surface area contributed by atoms with Crippen LogP contribution in [0, 0.1) is 0 Å². The molecule has 0 saturated heterocycles. The Bertz CT molecular complexity index is 367. The molecule has 2 atom stereocenters. The SMILES string of the molecule is CCCNC1CCCC1Oc1cccc(OC)c1. The lowest BCUT2D eigenvalue weighted by Crippen LogP contribution is -2.39. The van der Waals surface area contributed by atoms with E-state index in [9.17, 15) is 0 Å². The molecule has 1 aromatic rings. The summed E-state index contributed by atoms with van der Waals surface area (Å²) < 4.78 is 11.3. The number of methoxy groups -OCH3 is 1. The fourth-order valence-electron chi connectivity index (χ4n) is 2.48. The van der Waals surface area contributed by atoms with Crippen LogP contribution in [0.1, 0.15) is 32.6 Å². The van der Waals surface area contributed by atoms with Crippen LogP contribution in [0.15, 0.2) is 24.3 Å². The van der Waals surface area contributed by atoms with Crippen LogP contribution in [0.5, 0.6) is 11.5 Å². The second-order valence-electron chi connectivity index (χ2n) is 4.83. The summed E-state index contributed by atoms with van der Waals surface area (Å²) in [5.41, 5.74) is 0. The molecule has 3 nitrogen and oxygen atoms in total. The van der Waals surface area contributed by atoms with Gasteiger partial charge in [0.2, 0.25) is 0 Å². The molecule has 0 spiro atoms. The summed E-state index contributed by atoms with van der Waals surface area (Å²) in [6.45, 7) is 3.27. The Hall–Kier alpha value is -1.22. The van der Waals surface area contributed by atoms with E-state index in [1.165, 1.54) is 19.3 Å². The number of nitrogens with one attached hydrogen (secondary N) is 1. The van der Waals surface area contributed by atoms with Gasteiger partial charge in [-0.3, -0.25) is 0 Å². The zero-order valence-electron chi connectivity index (χ0n) is 11.3. The van der Waals surface area contributed by atoms with E-state index in [0.717, 1.165) is 24.5 Å². The molecule has 3 heteroatoms. The Labute approximate surface area is 109 Å². The minimum Gasteiger partial charge on any atom is -0.497 e. The number of hydrogen-bond acceptors (Lipinski definition) is 3. The van der Waals surface area contributed by atoms with E-state index in [2.05, 4.69) is 12.2 Å². The van der Waals surface area contributed by atoms with Gasteiger partial charge in [0.1, 0.15) is 17.6 Å². The molecule has 1 aromatic carbocycles. The predicted octanol–water partition coefficient (Wildman–Crippen LogP) is 2.99. The van der Waals surface area contributed by atoms with Crippen molar-refractivity contribution in [1.29, 1.82) is 0 Å². The Morgan fingerprint density at radius 2 is 2.11 bits per heavy atom. The molecule has 2 rings (SSSR count). The average Bonchev–Trinajstić information content (AvgIpc) is 2.84. The van der Waals surface area contributed by atoms with Crippen LogP contribution in [0.3, 0.4) is 0 Å². The Morgan fingerprint density at radius 3 is 2.89 bits per heavy atom. The Morgan fingerprint density at radius 1 is 1.28 bits per heavy atom. The fraction of sp³-hybridized carbons (Fsp3) is 0.600. The smallest absolute Gasteiger partial charge is 0.123 e. The molecular weight excluding hydrogens is 226 g/mol. The molecule has 0 aliphatic heterocycles. The van der Waals surface area contributed by atoms with E-state index >= 15 is 0 Å². The lowest BCUT2D eigenvalue weighted by molar-refractivity contribution is 0.174. The van der Waals surface area contributed by atoms with E-state index in [4.69, 9.17) is 9.47 Å². The molecule has 0 radical (unpaired) electrons. The van der Waals surface area contributed by atoms with Gasteiger partial charge in [-0.15, -0.1) is 0 Å². The summed E-state index contributed by atoms with van der Waals surface area (Å²) in [5.74, 6) is 1.76. The molecule has 1 fully saturated rings. The predicted molar refractivity (Wildman–Crippen MR) is 73.3 cm³/mol. The quantitative estimate of drug-likeness (QED) is 0.840. The Balaban J connectivity index is 1.94. The minimum atomic E-state index is 0.295. The van der Waals surface area contributed by atoms with Crippen molar-refractivity contribution in [3.8, 4) is 11.5 Å². The first-order valence-corrected chi connectivity index (χ1v) is 6.87. The molecule has 1 aliphatic rings. The summed E-state index contributed by atoms with van der Waals surface area (Å²) in [6.07, 6.45) is 5.06. The van der Waals surface area contributed by atoms with Gasteiger partial charge in [-0.2, -0.15) is 0 Å². The van der Waals surface area contributed by atoms with Gasteiger partial charge in [-0.05, 0) is 44.4 Å². The lowest BCUT2D eigenvalue weighted by Gasteiger charge is -2.22. The van der Waals surface area contributed by atoms with Crippen molar-refractivity contribution in [2.24, 2.45) is 0 Å². The number of hydrogen-bond donors (Lipinski definition) is 1. The topological polar surface area (TPSA) is 30.5 Å². The van der Waals surface area contributed by atoms with Crippen molar-refractivity contribution >= 4 is 0 Å². The fourth-order valence-corrected chi connectivity index (χ4v) is 2.48. The van der Waals surface area contributed by atoms with Crippen molar-refractivity contribution in [1.82, 2.24) is 5.32 Å². The third-order valence-electron chi connectivity index (χ3n) is 3.44. The number of rotatable bonds is 6. The van der Waals surface area contributed by atoms with Gasteiger partial charge in [0.25, 0.3) is 0 Å². The zero-order chi connectivity index (χ0) is 12.8. The summed E-state index contributed by atoms with van der Waals surface area (Å²) >= 11 is 0. The monoisotopic (exact) mass is 249 g/mol. The molecule has 2 unspecified atom stereocenters. The van der Waals surface area contributed by atoms with Crippen LogP contribution in [0.4, 0.5) is 0 Å². The molecule has 1 saturated carbocycles. The molecule has 1 N–H and O–H groups in total. The van der Waals surface area contributed by atoms with E-state index in [1.807, 2.05) is 24.3 Å². The molecule has 1 aliphatic carbocycles. The number of ether oxygens (including phenoxy) is 2. The molecule has 0 heterocycles. The third kappa shape index (κ3) is 3.39. The first-order chi connectivity index (χ1) is 8.83. The van der Waals surface area contributed by atoms with Gasteiger partial charge in [0, 0.05) is 12.1 Å². The van der Waals surface area contributed by atoms with Crippen molar-refractivity contribution in [2.75, 3.05) is 13.7 Å². The van der Waals surface area contributed by atoms with Crippen molar-refractivity contribution in [2.45, 2.75) is 44.8 Å². The third-order valence-corrected chi connectivity index (χ3v) is 3.44. The van der Waals surface area contributed by atoms with Gasteiger partial charge < -0.3 is 14.8 Å². The largest absolute Gasteiger partial charge is 0.497 e. The minimum absolute atomic E-state index is 0.295. The maximum absolute atomic E-state index is 6.08. The Kier molecular flexibility index (Phi) is 4.88. The maximum atomic E-state index is 6.08. The maximum Gasteiger partial charge on any atom is 0.123 e. The highest BCUT2D eigenvalue weighted by Crippen LogP contribution is 2.26. The summed E-state index contributed by atoms with van der Waals surface area (Å²) in [5, 5.41) is 3.57. The van der Waals surface area contributed by atoms with Gasteiger partial charge in [0.05, 0.1) is 7.11 Å². The van der Waals surface area contributed by atoms with E-state index in [0.29, 0.717) is 12.1 Å². The molecular formula is C15H23NO2. The van der Waals surface area contributed by atoms with Crippen LogP contribution < -0.4 is 14.8 Å². The van der Waals surface area contributed by atoms with Gasteiger partial charge in [-0.1, -0.05) is 13.0 Å². The highest BCUT2D eigenvalue weighted by molar-refractivity contribution is 5.33. The molecule has 0 amide bonds. The second-order valence-corrected chi connectivity index (χ2v) is 4.83. The van der Waals surface area contributed by atoms with Crippen LogP contribution >= 0.6 is 0 Å². The number of benzene rings is 1. The average molecular weight is 249 g/mol. The van der Waals surface area contributed by atoms with Gasteiger partial charge >= 0.3 is 0 Å². The van der Waals surface area contributed by atoms with Crippen LogP contribution in [0.25, 0.3) is 0 Å². The summed E-state index contributed by atoms with van der Waals surface area (Å²) in [4.78, 5) is 0. The molecule has 100 valence electrons. The van der Waals surface area contributed by atoms with E-state index in [-0.39, 0.29) is 0 Å². The van der Waals surface area contributed by atoms with Crippen molar-refractivity contribution < 1.29 is 9.47 Å².